The summed E-state index contributed by atoms with van der Waals surface area (Å²) >= 11 is 0. The zero-order chi connectivity index (χ0) is 15.5. The molecule has 0 spiro atoms. The van der Waals surface area contributed by atoms with Gasteiger partial charge in [-0.3, -0.25) is 0 Å². The Morgan fingerprint density at radius 3 is 3.00 bits per heavy atom. The Morgan fingerprint density at radius 1 is 1.36 bits per heavy atom. The van der Waals surface area contributed by atoms with Gasteiger partial charge in [0.2, 0.25) is 0 Å². The summed E-state index contributed by atoms with van der Waals surface area (Å²) < 4.78 is 11.7. The lowest BCUT2D eigenvalue weighted by Gasteiger charge is -2.39. The molecule has 0 bridgehead atoms. The molecule has 1 fully saturated rings. The largest absolute Gasteiger partial charge is 0.490 e. The first-order chi connectivity index (χ1) is 10.7. The third-order valence-corrected chi connectivity index (χ3v) is 5.03. The third-order valence-electron chi connectivity index (χ3n) is 5.03. The zero-order valence-electron chi connectivity index (χ0n) is 13.8. The SMILES string of the molecule is CCOc1cccc2c1OCC(CN1CCCCC1C)C2N. The van der Waals surface area contributed by atoms with Crippen LogP contribution in [0.15, 0.2) is 18.2 Å². The lowest BCUT2D eigenvalue weighted by Crippen LogP contribution is -2.45. The van der Waals surface area contributed by atoms with Crippen LogP contribution in [0.5, 0.6) is 11.5 Å². The molecule has 0 aromatic heterocycles. The Labute approximate surface area is 133 Å². The smallest absolute Gasteiger partial charge is 0.165 e. The highest BCUT2D eigenvalue weighted by atomic mass is 16.5. The Balaban J connectivity index is 1.73. The first kappa shape index (κ1) is 15.6. The van der Waals surface area contributed by atoms with Crippen molar-refractivity contribution in [3.8, 4) is 11.5 Å². The van der Waals surface area contributed by atoms with Crippen LogP contribution in [-0.2, 0) is 0 Å². The van der Waals surface area contributed by atoms with Crippen molar-refractivity contribution < 1.29 is 9.47 Å². The minimum absolute atomic E-state index is 0.0262. The molecule has 1 saturated heterocycles. The average molecular weight is 304 g/mol. The molecule has 3 unspecified atom stereocenters. The van der Waals surface area contributed by atoms with Gasteiger partial charge in [-0.1, -0.05) is 18.6 Å². The predicted molar refractivity (Wildman–Crippen MR) is 88.4 cm³/mol. The first-order valence-corrected chi connectivity index (χ1v) is 8.58. The molecule has 2 aliphatic rings. The van der Waals surface area contributed by atoms with Crippen LogP contribution < -0.4 is 15.2 Å². The van der Waals surface area contributed by atoms with Crippen molar-refractivity contribution in [3.63, 3.8) is 0 Å². The van der Waals surface area contributed by atoms with Crippen molar-refractivity contribution in [2.45, 2.75) is 45.2 Å². The standard InChI is InChI=1S/C18H28N2O2/c1-3-21-16-9-6-8-15-17(19)14(12-22-18(15)16)11-20-10-5-4-7-13(20)2/h6,8-9,13-14,17H,3-5,7,10-12,19H2,1-2H3. The van der Waals surface area contributed by atoms with Gasteiger partial charge in [0.25, 0.3) is 0 Å². The Kier molecular flexibility index (Phi) is 4.89. The third kappa shape index (κ3) is 3.08. The summed E-state index contributed by atoms with van der Waals surface area (Å²) in [5, 5.41) is 0. The van der Waals surface area contributed by atoms with Crippen molar-refractivity contribution >= 4 is 0 Å². The van der Waals surface area contributed by atoms with Crippen molar-refractivity contribution in [1.29, 1.82) is 0 Å². The second-order valence-corrected chi connectivity index (χ2v) is 6.54. The highest BCUT2D eigenvalue weighted by Crippen LogP contribution is 2.41. The van der Waals surface area contributed by atoms with Crippen LogP contribution in [0.1, 0.15) is 44.7 Å². The van der Waals surface area contributed by atoms with Gasteiger partial charge in [0.1, 0.15) is 0 Å². The van der Waals surface area contributed by atoms with E-state index in [2.05, 4.69) is 17.9 Å². The maximum absolute atomic E-state index is 6.56. The number of rotatable bonds is 4. The van der Waals surface area contributed by atoms with Crippen LogP contribution in [-0.4, -0.2) is 37.2 Å². The van der Waals surface area contributed by atoms with Crippen molar-refractivity contribution in [2.24, 2.45) is 11.7 Å². The second-order valence-electron chi connectivity index (χ2n) is 6.54. The maximum Gasteiger partial charge on any atom is 0.165 e. The van der Waals surface area contributed by atoms with E-state index in [1.807, 2.05) is 19.1 Å². The van der Waals surface area contributed by atoms with Gasteiger partial charge in [-0.15, -0.1) is 0 Å². The summed E-state index contributed by atoms with van der Waals surface area (Å²) in [6.07, 6.45) is 3.96. The monoisotopic (exact) mass is 304 g/mol. The number of hydrogen-bond donors (Lipinski definition) is 1. The maximum atomic E-state index is 6.56. The molecule has 3 rings (SSSR count). The molecule has 3 atom stereocenters. The van der Waals surface area contributed by atoms with Crippen LogP contribution in [0, 0.1) is 5.92 Å². The van der Waals surface area contributed by atoms with E-state index < -0.39 is 0 Å². The molecule has 0 aliphatic carbocycles. The van der Waals surface area contributed by atoms with Crippen LogP contribution in [0.3, 0.4) is 0 Å². The Bertz CT molecular complexity index is 506. The van der Waals surface area contributed by atoms with Crippen molar-refractivity contribution in [2.75, 3.05) is 26.3 Å². The van der Waals surface area contributed by atoms with Gasteiger partial charge >= 0.3 is 0 Å². The number of nitrogens with zero attached hydrogens (tertiary/aromatic N) is 1. The van der Waals surface area contributed by atoms with Gasteiger partial charge in [-0.05, 0) is 39.3 Å². The van der Waals surface area contributed by atoms with Gasteiger partial charge in [0.15, 0.2) is 11.5 Å². The highest BCUT2D eigenvalue weighted by Gasteiger charge is 2.32. The molecular formula is C18H28N2O2. The molecule has 0 saturated carbocycles. The van der Waals surface area contributed by atoms with E-state index in [0.29, 0.717) is 25.2 Å². The van der Waals surface area contributed by atoms with Crippen LogP contribution >= 0.6 is 0 Å². The van der Waals surface area contributed by atoms with Gasteiger partial charge < -0.3 is 20.1 Å². The number of ether oxygens (including phenoxy) is 2. The van der Waals surface area contributed by atoms with E-state index in [1.165, 1.54) is 25.8 Å². The van der Waals surface area contributed by atoms with E-state index in [0.717, 1.165) is 23.6 Å². The summed E-state index contributed by atoms with van der Waals surface area (Å²) in [7, 11) is 0. The highest BCUT2D eigenvalue weighted by molar-refractivity contribution is 5.49. The molecule has 1 aromatic carbocycles. The quantitative estimate of drug-likeness (QED) is 0.929. The number of hydrogen-bond acceptors (Lipinski definition) is 4. The molecule has 0 amide bonds. The molecule has 4 heteroatoms. The fraction of sp³-hybridized carbons (Fsp3) is 0.667. The lowest BCUT2D eigenvalue weighted by atomic mass is 9.89. The minimum atomic E-state index is 0.0262. The number of piperidine rings is 1. The normalized spacial score (nSPS) is 28.8. The summed E-state index contributed by atoms with van der Waals surface area (Å²) in [6, 6.07) is 6.74. The van der Waals surface area contributed by atoms with E-state index >= 15 is 0 Å². The molecule has 2 heterocycles. The minimum Gasteiger partial charge on any atom is -0.490 e. The van der Waals surface area contributed by atoms with Gasteiger partial charge in [0.05, 0.1) is 13.2 Å². The number of fused-ring (bicyclic) bond motifs is 1. The van der Waals surface area contributed by atoms with Crippen LogP contribution in [0.2, 0.25) is 0 Å². The number of nitrogens with two attached hydrogens (primary N) is 1. The fourth-order valence-corrected chi connectivity index (χ4v) is 3.66. The van der Waals surface area contributed by atoms with Gasteiger partial charge in [-0.2, -0.15) is 0 Å². The summed E-state index contributed by atoms with van der Waals surface area (Å²) in [4.78, 5) is 2.58. The zero-order valence-corrected chi connectivity index (χ0v) is 13.8. The van der Waals surface area contributed by atoms with Crippen molar-refractivity contribution in [1.82, 2.24) is 4.90 Å². The fourth-order valence-electron chi connectivity index (χ4n) is 3.66. The molecular weight excluding hydrogens is 276 g/mol. The molecule has 22 heavy (non-hydrogen) atoms. The van der Waals surface area contributed by atoms with E-state index in [4.69, 9.17) is 15.2 Å². The summed E-state index contributed by atoms with van der Waals surface area (Å²) in [6.45, 7) is 7.86. The second kappa shape index (κ2) is 6.88. The lowest BCUT2D eigenvalue weighted by molar-refractivity contribution is 0.0922. The number of para-hydroxylation sites is 1. The van der Waals surface area contributed by atoms with Crippen LogP contribution in [0.25, 0.3) is 0 Å². The van der Waals surface area contributed by atoms with Gasteiger partial charge in [0, 0.05) is 30.1 Å². The average Bonchev–Trinajstić information content (AvgIpc) is 2.53. The molecule has 4 nitrogen and oxygen atoms in total. The van der Waals surface area contributed by atoms with E-state index in [1.54, 1.807) is 0 Å². The predicted octanol–water partition coefficient (Wildman–Crippen LogP) is 2.97. The Hall–Kier alpha value is -1.26. The Morgan fingerprint density at radius 2 is 2.23 bits per heavy atom. The summed E-state index contributed by atoms with van der Waals surface area (Å²) in [5.41, 5.74) is 7.65. The molecule has 122 valence electrons. The molecule has 1 aromatic rings. The topological polar surface area (TPSA) is 47.7 Å². The molecule has 2 N–H and O–H groups in total. The molecule has 2 aliphatic heterocycles. The van der Waals surface area contributed by atoms with Gasteiger partial charge in [-0.25, -0.2) is 0 Å². The summed E-state index contributed by atoms with van der Waals surface area (Å²) in [5.74, 6) is 2.02. The number of benzene rings is 1. The number of likely N-dealkylation sites (tertiary alicyclic amines) is 1. The van der Waals surface area contributed by atoms with E-state index in [-0.39, 0.29) is 6.04 Å². The first-order valence-electron chi connectivity index (χ1n) is 8.58. The molecule has 0 radical (unpaired) electrons. The van der Waals surface area contributed by atoms with Crippen molar-refractivity contribution in [3.05, 3.63) is 23.8 Å². The van der Waals surface area contributed by atoms with E-state index in [9.17, 15) is 0 Å². The van der Waals surface area contributed by atoms with Crippen LogP contribution in [0.4, 0.5) is 0 Å².